The van der Waals surface area contributed by atoms with Crippen molar-refractivity contribution in [2.75, 3.05) is 28.9 Å². The molecule has 0 saturated carbocycles. The van der Waals surface area contributed by atoms with E-state index in [9.17, 15) is 9.59 Å². The minimum Gasteiger partial charge on any atom is -0.442 e. The minimum absolute atomic E-state index is 0.0576. The summed E-state index contributed by atoms with van der Waals surface area (Å²) in [5.74, 6) is 1.33. The van der Waals surface area contributed by atoms with Gasteiger partial charge < -0.3 is 14.4 Å². The number of nitrogens with zero attached hydrogens (tertiary/aromatic N) is 2. The lowest BCUT2D eigenvalue weighted by Crippen LogP contribution is -2.55. The molecule has 1 saturated heterocycles. The average molecular weight is 386 g/mol. The van der Waals surface area contributed by atoms with Crippen LogP contribution >= 0.6 is 11.9 Å². The van der Waals surface area contributed by atoms with Gasteiger partial charge in [-0.2, -0.15) is 0 Å². The third-order valence-corrected chi connectivity index (χ3v) is 4.76. The summed E-state index contributed by atoms with van der Waals surface area (Å²) in [5, 5.41) is 2.56. The highest BCUT2D eigenvalue weighted by atomic mass is 32.2. The molecule has 7 nitrogen and oxygen atoms in total. The van der Waals surface area contributed by atoms with Crippen molar-refractivity contribution in [2.45, 2.75) is 20.0 Å². The van der Waals surface area contributed by atoms with Crippen molar-refractivity contribution in [1.29, 1.82) is 0 Å². The molecule has 27 heavy (non-hydrogen) atoms. The molecule has 1 aromatic heterocycles. The van der Waals surface area contributed by atoms with Crippen molar-refractivity contribution in [3.8, 4) is 0 Å². The van der Waals surface area contributed by atoms with Crippen LogP contribution in [0.5, 0.6) is 0 Å². The van der Waals surface area contributed by atoms with E-state index in [1.807, 2.05) is 25.1 Å². The molecule has 8 heteroatoms. The van der Waals surface area contributed by atoms with Crippen LogP contribution in [-0.4, -0.2) is 46.8 Å². The van der Waals surface area contributed by atoms with E-state index < -0.39 is 6.09 Å². The first-order valence-electron chi connectivity index (χ1n) is 8.73. The third kappa shape index (κ3) is 4.91. The second-order valence-electron chi connectivity index (χ2n) is 6.14. The molecular formula is C19H22N4O3S. The molecule has 1 aliphatic rings. The second-order valence-corrected chi connectivity index (χ2v) is 7.21. The number of benzene rings is 1. The Bertz CT molecular complexity index is 810. The van der Waals surface area contributed by atoms with E-state index in [1.165, 1.54) is 0 Å². The number of hydrogen-bond donors (Lipinski definition) is 2. The first-order chi connectivity index (χ1) is 13.1. The van der Waals surface area contributed by atoms with Crippen LogP contribution < -0.4 is 10.0 Å². The standard InChI is InChI=1S/C19H22N4O3S/c1-3-27-22-16-8-7-14(10-13(16)2)18(24)23-11-15(12-23)26-19(25)21-17-6-4-5-9-20-17/h4-10,15,22H,3,11-12H2,1-2H3,(H,20,21,25). The summed E-state index contributed by atoms with van der Waals surface area (Å²) in [4.78, 5) is 30.1. The van der Waals surface area contributed by atoms with Crippen molar-refractivity contribution in [1.82, 2.24) is 9.88 Å². The molecule has 142 valence electrons. The van der Waals surface area contributed by atoms with Gasteiger partial charge in [0.1, 0.15) is 11.9 Å². The third-order valence-electron chi connectivity index (χ3n) is 4.10. The van der Waals surface area contributed by atoms with Crippen LogP contribution in [0, 0.1) is 6.92 Å². The molecule has 0 radical (unpaired) electrons. The van der Waals surface area contributed by atoms with Crippen LogP contribution in [0.4, 0.5) is 16.3 Å². The average Bonchev–Trinajstić information content (AvgIpc) is 2.63. The van der Waals surface area contributed by atoms with Gasteiger partial charge in [0.15, 0.2) is 0 Å². The monoisotopic (exact) mass is 386 g/mol. The van der Waals surface area contributed by atoms with Crippen LogP contribution in [0.1, 0.15) is 22.8 Å². The smallest absolute Gasteiger partial charge is 0.413 e. The van der Waals surface area contributed by atoms with Crippen molar-refractivity contribution in [3.63, 3.8) is 0 Å². The maximum absolute atomic E-state index is 12.6. The fourth-order valence-corrected chi connectivity index (χ4v) is 3.17. The van der Waals surface area contributed by atoms with Gasteiger partial charge in [0.25, 0.3) is 5.91 Å². The summed E-state index contributed by atoms with van der Waals surface area (Å²) in [6.45, 7) is 4.82. The first-order valence-corrected chi connectivity index (χ1v) is 9.71. The molecule has 1 aliphatic heterocycles. The van der Waals surface area contributed by atoms with Crippen LogP contribution in [-0.2, 0) is 4.74 Å². The van der Waals surface area contributed by atoms with Gasteiger partial charge in [-0.1, -0.05) is 24.9 Å². The summed E-state index contributed by atoms with van der Waals surface area (Å²) in [6, 6.07) is 10.8. The molecule has 1 aromatic carbocycles. The van der Waals surface area contributed by atoms with Crippen molar-refractivity contribution in [2.24, 2.45) is 0 Å². The summed E-state index contributed by atoms with van der Waals surface area (Å²) < 4.78 is 8.55. The van der Waals surface area contributed by atoms with E-state index in [2.05, 4.69) is 21.9 Å². The predicted octanol–water partition coefficient (Wildman–Crippen LogP) is 3.54. The quantitative estimate of drug-likeness (QED) is 0.739. The van der Waals surface area contributed by atoms with Crippen LogP contribution in [0.25, 0.3) is 0 Å². The molecule has 0 spiro atoms. The van der Waals surface area contributed by atoms with E-state index in [4.69, 9.17) is 4.74 Å². The van der Waals surface area contributed by atoms with Gasteiger partial charge in [-0.15, -0.1) is 0 Å². The summed E-state index contributed by atoms with van der Waals surface area (Å²) >= 11 is 1.61. The Labute approximate surface area is 162 Å². The Kier molecular flexibility index (Phi) is 6.18. The van der Waals surface area contributed by atoms with E-state index in [1.54, 1.807) is 41.2 Å². The second kappa shape index (κ2) is 8.77. The molecule has 0 atom stereocenters. The van der Waals surface area contributed by atoms with E-state index in [0.29, 0.717) is 24.5 Å². The molecule has 3 rings (SSSR count). The Morgan fingerprint density at radius 3 is 2.78 bits per heavy atom. The van der Waals surface area contributed by atoms with Crippen LogP contribution in [0.15, 0.2) is 42.6 Å². The lowest BCUT2D eigenvalue weighted by atomic mass is 10.1. The lowest BCUT2D eigenvalue weighted by molar-refractivity contribution is -0.00207. The number of amides is 2. The fourth-order valence-electron chi connectivity index (χ4n) is 2.64. The van der Waals surface area contributed by atoms with Crippen LogP contribution in [0.3, 0.4) is 0 Å². The van der Waals surface area contributed by atoms with Gasteiger partial charge in [-0.25, -0.2) is 9.78 Å². The zero-order chi connectivity index (χ0) is 19.2. The number of likely N-dealkylation sites (tertiary alicyclic amines) is 1. The van der Waals surface area contributed by atoms with Gasteiger partial charge in [-0.3, -0.25) is 10.1 Å². The molecule has 2 N–H and O–H groups in total. The van der Waals surface area contributed by atoms with Crippen LogP contribution in [0.2, 0.25) is 0 Å². The number of nitrogens with one attached hydrogen (secondary N) is 2. The molecule has 2 amide bonds. The highest BCUT2D eigenvalue weighted by Crippen LogP contribution is 2.22. The number of aryl methyl sites for hydroxylation is 1. The molecule has 1 fully saturated rings. The Hall–Kier alpha value is -2.74. The van der Waals surface area contributed by atoms with Crippen molar-refractivity contribution < 1.29 is 14.3 Å². The highest BCUT2D eigenvalue weighted by molar-refractivity contribution is 8.00. The Morgan fingerprint density at radius 2 is 2.11 bits per heavy atom. The van der Waals surface area contributed by atoms with E-state index in [0.717, 1.165) is 17.0 Å². The number of ether oxygens (including phenoxy) is 1. The van der Waals surface area contributed by atoms with Gasteiger partial charge in [-0.05, 0) is 42.8 Å². The SMILES string of the molecule is CCSNc1ccc(C(=O)N2CC(OC(=O)Nc3ccccn3)C2)cc1C. The molecule has 2 aromatic rings. The zero-order valence-corrected chi connectivity index (χ0v) is 16.1. The molecule has 2 heterocycles. The Morgan fingerprint density at radius 1 is 1.30 bits per heavy atom. The first kappa shape index (κ1) is 19.0. The molecule has 0 bridgehead atoms. The van der Waals surface area contributed by atoms with E-state index >= 15 is 0 Å². The number of anilines is 2. The summed E-state index contributed by atoms with van der Waals surface area (Å²) in [7, 11) is 0. The van der Waals surface area contributed by atoms with E-state index in [-0.39, 0.29) is 12.0 Å². The molecule has 0 aliphatic carbocycles. The highest BCUT2D eigenvalue weighted by Gasteiger charge is 2.34. The largest absolute Gasteiger partial charge is 0.442 e. The number of carbonyl (C=O) groups excluding carboxylic acids is 2. The lowest BCUT2D eigenvalue weighted by Gasteiger charge is -2.38. The van der Waals surface area contributed by atoms with Gasteiger partial charge in [0, 0.05) is 23.2 Å². The number of carbonyl (C=O) groups is 2. The zero-order valence-electron chi connectivity index (χ0n) is 15.3. The topological polar surface area (TPSA) is 83.6 Å². The van der Waals surface area contributed by atoms with Gasteiger partial charge in [0.05, 0.1) is 13.1 Å². The molecular weight excluding hydrogens is 364 g/mol. The summed E-state index contributed by atoms with van der Waals surface area (Å²) in [5.41, 5.74) is 2.66. The van der Waals surface area contributed by atoms with Gasteiger partial charge in [0.2, 0.25) is 0 Å². The van der Waals surface area contributed by atoms with Crippen molar-refractivity contribution >= 4 is 35.5 Å². The Balaban J connectivity index is 1.48. The summed E-state index contributed by atoms with van der Waals surface area (Å²) in [6.07, 6.45) is 0.717. The number of rotatable bonds is 6. The predicted molar refractivity (Wildman–Crippen MR) is 107 cm³/mol. The van der Waals surface area contributed by atoms with Crippen molar-refractivity contribution in [3.05, 3.63) is 53.7 Å². The fraction of sp³-hybridized carbons (Fsp3) is 0.316. The number of aromatic nitrogens is 1. The maximum Gasteiger partial charge on any atom is 0.413 e. The molecule has 0 unspecified atom stereocenters. The minimum atomic E-state index is -0.564. The normalized spacial score (nSPS) is 13.6. The maximum atomic E-state index is 12.6. The van der Waals surface area contributed by atoms with Gasteiger partial charge >= 0.3 is 6.09 Å². The number of hydrogen-bond acceptors (Lipinski definition) is 6. The number of pyridine rings is 1.